The molecule has 1 fully saturated rings. The minimum atomic E-state index is -3.55. The van der Waals surface area contributed by atoms with Gasteiger partial charge in [-0.15, -0.1) is 5.10 Å². The van der Waals surface area contributed by atoms with Crippen LogP contribution in [-0.4, -0.2) is 60.5 Å². The highest BCUT2D eigenvalue weighted by Crippen LogP contribution is 2.24. The molecule has 2 heterocycles. The van der Waals surface area contributed by atoms with Gasteiger partial charge in [-0.05, 0) is 37.0 Å². The van der Waals surface area contributed by atoms with Crippen LogP contribution in [0.4, 0.5) is 0 Å². The summed E-state index contributed by atoms with van der Waals surface area (Å²) in [6, 6.07) is 16.2. The standard InChI is InChI=1S/C24H30N4O5S/c1-32-21-9-5-8-19(14-21)23-15-28(27-25-23)13-12-20-10-11-22(24(16-29)33-20)26-34(30,31)17-18-6-3-2-4-7-18/h2-9,14-15,20,22,24,26,29H,10-13,16-17H2,1H3/t20-,22-,24-/m0/s1. The van der Waals surface area contributed by atoms with E-state index < -0.39 is 22.2 Å². The van der Waals surface area contributed by atoms with Gasteiger partial charge in [-0.25, -0.2) is 13.1 Å². The first kappa shape index (κ1) is 24.3. The molecule has 3 atom stereocenters. The van der Waals surface area contributed by atoms with Gasteiger partial charge in [0.1, 0.15) is 11.4 Å². The van der Waals surface area contributed by atoms with Crippen molar-refractivity contribution >= 4 is 10.0 Å². The molecule has 2 N–H and O–H groups in total. The fourth-order valence-electron chi connectivity index (χ4n) is 4.14. The molecule has 1 aliphatic rings. The Morgan fingerprint density at radius 2 is 2.00 bits per heavy atom. The third kappa shape index (κ3) is 6.41. The van der Waals surface area contributed by atoms with Crippen molar-refractivity contribution in [1.29, 1.82) is 0 Å². The van der Waals surface area contributed by atoms with Gasteiger partial charge >= 0.3 is 0 Å². The molecule has 1 saturated heterocycles. The molecule has 3 aromatic rings. The quantitative estimate of drug-likeness (QED) is 0.452. The lowest BCUT2D eigenvalue weighted by atomic mass is 9.98. The minimum Gasteiger partial charge on any atom is -0.497 e. The van der Waals surface area contributed by atoms with Gasteiger partial charge in [-0.3, -0.25) is 4.68 Å². The Labute approximate surface area is 199 Å². The predicted molar refractivity (Wildman–Crippen MR) is 128 cm³/mol. The van der Waals surface area contributed by atoms with Crippen LogP contribution in [0.25, 0.3) is 11.3 Å². The summed E-state index contributed by atoms with van der Waals surface area (Å²) in [5, 5.41) is 18.3. The number of hydrogen-bond acceptors (Lipinski definition) is 7. The van der Waals surface area contributed by atoms with Crippen molar-refractivity contribution in [1.82, 2.24) is 19.7 Å². The fourth-order valence-corrected chi connectivity index (χ4v) is 5.59. The summed E-state index contributed by atoms with van der Waals surface area (Å²) in [6.07, 6.45) is 3.15. The second kappa shape index (κ2) is 11.1. The van der Waals surface area contributed by atoms with Crippen LogP contribution in [-0.2, 0) is 27.1 Å². The number of ether oxygens (including phenoxy) is 2. The summed E-state index contributed by atoms with van der Waals surface area (Å²) >= 11 is 0. The number of aromatic nitrogens is 3. The number of aliphatic hydroxyl groups is 1. The van der Waals surface area contributed by atoms with Gasteiger partial charge in [-0.1, -0.05) is 47.7 Å². The zero-order valence-electron chi connectivity index (χ0n) is 19.1. The van der Waals surface area contributed by atoms with E-state index in [9.17, 15) is 13.5 Å². The molecule has 10 heteroatoms. The van der Waals surface area contributed by atoms with Crippen molar-refractivity contribution in [3.63, 3.8) is 0 Å². The van der Waals surface area contributed by atoms with Crippen LogP contribution >= 0.6 is 0 Å². The molecule has 0 amide bonds. The lowest BCUT2D eigenvalue weighted by Crippen LogP contribution is -2.51. The highest BCUT2D eigenvalue weighted by Gasteiger charge is 2.33. The van der Waals surface area contributed by atoms with Crippen LogP contribution in [0.15, 0.2) is 60.8 Å². The number of rotatable bonds is 10. The summed E-state index contributed by atoms with van der Waals surface area (Å²) < 4.78 is 41.0. The van der Waals surface area contributed by atoms with Gasteiger partial charge in [0.05, 0.1) is 43.9 Å². The molecule has 4 rings (SSSR count). The summed E-state index contributed by atoms with van der Waals surface area (Å²) in [4.78, 5) is 0. The maximum atomic E-state index is 12.6. The van der Waals surface area contributed by atoms with Crippen molar-refractivity contribution in [2.75, 3.05) is 13.7 Å². The molecule has 1 aromatic heterocycles. The van der Waals surface area contributed by atoms with Crippen molar-refractivity contribution in [3.8, 4) is 17.0 Å². The number of aliphatic hydroxyl groups excluding tert-OH is 1. The smallest absolute Gasteiger partial charge is 0.216 e. The van der Waals surface area contributed by atoms with Crippen LogP contribution in [0.3, 0.4) is 0 Å². The van der Waals surface area contributed by atoms with Gasteiger partial charge in [0.2, 0.25) is 10.0 Å². The Bertz CT molecular complexity index is 1170. The van der Waals surface area contributed by atoms with Crippen molar-refractivity contribution in [2.45, 2.75) is 49.8 Å². The Kier molecular flexibility index (Phi) is 7.94. The van der Waals surface area contributed by atoms with Gasteiger partial charge in [0.15, 0.2) is 0 Å². The van der Waals surface area contributed by atoms with Crippen LogP contribution in [0.2, 0.25) is 0 Å². The normalized spacial score (nSPS) is 20.8. The first-order valence-corrected chi connectivity index (χ1v) is 13.0. The molecule has 2 aromatic carbocycles. The van der Waals surface area contributed by atoms with Gasteiger partial charge < -0.3 is 14.6 Å². The molecule has 182 valence electrons. The zero-order valence-corrected chi connectivity index (χ0v) is 19.9. The predicted octanol–water partition coefficient (Wildman–Crippen LogP) is 2.37. The molecular formula is C24H30N4O5S. The van der Waals surface area contributed by atoms with E-state index >= 15 is 0 Å². The van der Waals surface area contributed by atoms with Crippen LogP contribution in [0.5, 0.6) is 5.75 Å². The monoisotopic (exact) mass is 486 g/mol. The van der Waals surface area contributed by atoms with Gasteiger partial charge in [-0.2, -0.15) is 0 Å². The maximum Gasteiger partial charge on any atom is 0.216 e. The third-order valence-electron chi connectivity index (χ3n) is 5.91. The molecule has 0 radical (unpaired) electrons. The summed E-state index contributed by atoms with van der Waals surface area (Å²) in [5.41, 5.74) is 2.39. The number of nitrogens with zero attached hydrogens (tertiary/aromatic N) is 3. The molecule has 0 bridgehead atoms. The molecular weight excluding hydrogens is 456 g/mol. The van der Waals surface area contributed by atoms with Crippen molar-refractivity contribution in [2.24, 2.45) is 0 Å². The van der Waals surface area contributed by atoms with Crippen molar-refractivity contribution < 1.29 is 23.0 Å². The first-order chi connectivity index (χ1) is 16.5. The summed E-state index contributed by atoms with van der Waals surface area (Å²) in [7, 11) is -1.93. The number of aryl methyl sites for hydroxylation is 1. The van der Waals surface area contributed by atoms with Crippen LogP contribution < -0.4 is 9.46 Å². The summed E-state index contributed by atoms with van der Waals surface area (Å²) in [5.74, 6) is 0.653. The molecule has 0 spiro atoms. The Hall–Kier alpha value is -2.79. The van der Waals surface area contributed by atoms with E-state index in [0.717, 1.165) is 17.0 Å². The number of hydrogen-bond donors (Lipinski definition) is 2. The van der Waals surface area contributed by atoms with Crippen LogP contribution in [0, 0.1) is 0 Å². The zero-order chi connectivity index (χ0) is 24.0. The molecule has 1 aliphatic heterocycles. The number of nitrogens with one attached hydrogen (secondary N) is 1. The minimum absolute atomic E-state index is 0.100. The van der Waals surface area contributed by atoms with E-state index in [2.05, 4.69) is 15.0 Å². The van der Waals surface area contributed by atoms with Gasteiger partial charge in [0.25, 0.3) is 0 Å². The largest absolute Gasteiger partial charge is 0.497 e. The Balaban J connectivity index is 1.30. The Morgan fingerprint density at radius 3 is 2.76 bits per heavy atom. The molecule has 0 saturated carbocycles. The lowest BCUT2D eigenvalue weighted by Gasteiger charge is -2.36. The number of benzene rings is 2. The maximum absolute atomic E-state index is 12.6. The molecule has 0 aliphatic carbocycles. The average molecular weight is 487 g/mol. The number of sulfonamides is 1. The molecule has 9 nitrogen and oxygen atoms in total. The topological polar surface area (TPSA) is 116 Å². The second-order valence-electron chi connectivity index (χ2n) is 8.41. The first-order valence-electron chi connectivity index (χ1n) is 11.3. The SMILES string of the molecule is COc1cccc(-c2cn(CC[C@@H]3CC[C@H](NS(=O)(=O)Cc4ccccc4)[C@H](CO)O3)nn2)c1. The molecule has 0 unspecified atom stereocenters. The average Bonchev–Trinajstić information content (AvgIpc) is 3.33. The van der Waals surface area contributed by atoms with E-state index in [1.54, 1.807) is 23.9 Å². The highest BCUT2D eigenvalue weighted by molar-refractivity contribution is 7.88. The van der Waals surface area contributed by atoms with E-state index in [1.165, 1.54) is 0 Å². The number of methoxy groups -OCH3 is 1. The second-order valence-corrected chi connectivity index (χ2v) is 10.2. The summed E-state index contributed by atoms with van der Waals surface area (Å²) in [6.45, 7) is 0.350. The third-order valence-corrected chi connectivity index (χ3v) is 7.29. The Morgan fingerprint density at radius 1 is 1.18 bits per heavy atom. The molecule has 34 heavy (non-hydrogen) atoms. The van der Waals surface area contributed by atoms with E-state index in [4.69, 9.17) is 9.47 Å². The van der Waals surface area contributed by atoms with Gasteiger partial charge in [0, 0.05) is 12.1 Å². The van der Waals surface area contributed by atoms with E-state index in [1.807, 2.05) is 48.7 Å². The lowest BCUT2D eigenvalue weighted by molar-refractivity contribution is -0.0891. The van der Waals surface area contributed by atoms with E-state index in [0.29, 0.717) is 31.4 Å². The highest BCUT2D eigenvalue weighted by atomic mass is 32.2. The fraction of sp³-hybridized carbons (Fsp3) is 0.417. The van der Waals surface area contributed by atoms with Crippen LogP contribution in [0.1, 0.15) is 24.8 Å². The van der Waals surface area contributed by atoms with Crippen molar-refractivity contribution in [3.05, 3.63) is 66.4 Å². The van der Waals surface area contributed by atoms with E-state index in [-0.39, 0.29) is 18.5 Å².